The molecule has 3 fully saturated rings. The number of halogens is 3. The van der Waals surface area contributed by atoms with Gasteiger partial charge in [-0.15, -0.1) is 0 Å². The van der Waals surface area contributed by atoms with Crippen molar-refractivity contribution in [2.24, 2.45) is 17.8 Å². The molecule has 1 aromatic carbocycles. The molecule has 1 aromatic rings. The summed E-state index contributed by atoms with van der Waals surface area (Å²) in [6, 6.07) is 4.27. The van der Waals surface area contributed by atoms with Crippen LogP contribution in [0.2, 0.25) is 0 Å². The van der Waals surface area contributed by atoms with E-state index >= 15 is 0 Å². The summed E-state index contributed by atoms with van der Waals surface area (Å²) in [5.41, 5.74) is -1.93. The molecule has 0 radical (unpaired) electrons. The first-order valence-corrected chi connectivity index (χ1v) is 9.56. The number of sulfonamides is 1. The summed E-state index contributed by atoms with van der Waals surface area (Å²) >= 11 is 0. The number of anilines is 1. The predicted octanol–water partition coefficient (Wildman–Crippen LogP) is 1.08. The van der Waals surface area contributed by atoms with Crippen LogP contribution < -0.4 is 4.31 Å². The fraction of sp³-hybridized carbons (Fsp3) is 0.562. The van der Waals surface area contributed by atoms with E-state index in [0.29, 0.717) is 12.5 Å². The molecule has 2 bridgehead atoms. The number of hydrogen-bond acceptors (Lipinski definition) is 5. The van der Waals surface area contributed by atoms with Crippen molar-refractivity contribution in [1.82, 2.24) is 0 Å². The maximum absolute atomic E-state index is 13.2. The molecule has 6 atom stereocenters. The van der Waals surface area contributed by atoms with Crippen LogP contribution in [0.3, 0.4) is 0 Å². The van der Waals surface area contributed by atoms with E-state index in [2.05, 4.69) is 0 Å². The van der Waals surface area contributed by atoms with Crippen LogP contribution in [-0.4, -0.2) is 42.6 Å². The van der Waals surface area contributed by atoms with Crippen LogP contribution >= 0.6 is 0 Å². The number of aliphatic hydroxyl groups is 2. The number of fused-ring (bicyclic) bond motifs is 5. The van der Waals surface area contributed by atoms with Crippen molar-refractivity contribution < 1.29 is 31.8 Å². The molecule has 10 heteroatoms. The first kappa shape index (κ1) is 17.6. The molecule has 0 unspecified atom stereocenters. The van der Waals surface area contributed by atoms with E-state index in [4.69, 9.17) is 5.26 Å². The van der Waals surface area contributed by atoms with E-state index in [1.54, 1.807) is 0 Å². The highest BCUT2D eigenvalue weighted by atomic mass is 32.2. The molecule has 2 aliphatic carbocycles. The molecular formula is C16H15F3N2O4S. The summed E-state index contributed by atoms with van der Waals surface area (Å²) in [7, 11) is -3.97. The second-order valence-electron chi connectivity index (χ2n) is 7.09. The van der Waals surface area contributed by atoms with E-state index < -0.39 is 56.6 Å². The molecule has 0 amide bonds. The first-order chi connectivity index (χ1) is 12.1. The van der Waals surface area contributed by atoms with Crippen molar-refractivity contribution in [2.45, 2.75) is 30.1 Å². The van der Waals surface area contributed by atoms with Crippen molar-refractivity contribution in [2.75, 3.05) is 10.8 Å². The third-order valence-corrected chi connectivity index (χ3v) is 8.27. The Balaban J connectivity index is 1.76. The van der Waals surface area contributed by atoms with Gasteiger partial charge >= 0.3 is 6.18 Å². The third kappa shape index (κ3) is 2.20. The fourth-order valence-electron chi connectivity index (χ4n) is 4.81. The van der Waals surface area contributed by atoms with E-state index in [1.165, 1.54) is 12.1 Å². The lowest BCUT2D eigenvalue weighted by Gasteiger charge is -2.30. The zero-order valence-corrected chi connectivity index (χ0v) is 14.1. The average Bonchev–Trinajstić information content (AvgIpc) is 3.17. The number of alkyl halides is 3. The highest BCUT2D eigenvalue weighted by Gasteiger charge is 2.66. The lowest BCUT2D eigenvalue weighted by Crippen LogP contribution is -2.45. The van der Waals surface area contributed by atoms with E-state index in [1.807, 2.05) is 0 Å². The summed E-state index contributed by atoms with van der Waals surface area (Å²) in [6.45, 7) is -0.0405. The Hall–Kier alpha value is -1.83. The molecule has 1 saturated heterocycles. The Kier molecular flexibility index (Phi) is 3.61. The van der Waals surface area contributed by atoms with Crippen molar-refractivity contribution in [3.63, 3.8) is 0 Å². The first-order valence-electron chi connectivity index (χ1n) is 8.06. The lowest BCUT2D eigenvalue weighted by atomic mass is 9.84. The Labute approximate surface area is 147 Å². The van der Waals surface area contributed by atoms with Gasteiger partial charge in [0.2, 0.25) is 10.0 Å². The molecule has 1 heterocycles. The molecule has 4 rings (SSSR count). The van der Waals surface area contributed by atoms with Crippen LogP contribution in [0.1, 0.15) is 17.5 Å². The van der Waals surface area contributed by atoms with Gasteiger partial charge in [0.15, 0.2) is 0 Å². The molecule has 1 aliphatic heterocycles. The number of benzene rings is 1. The summed E-state index contributed by atoms with van der Waals surface area (Å²) < 4.78 is 66.3. The van der Waals surface area contributed by atoms with Gasteiger partial charge in [0.25, 0.3) is 0 Å². The van der Waals surface area contributed by atoms with Crippen molar-refractivity contribution in [3.05, 3.63) is 29.3 Å². The minimum Gasteiger partial charge on any atom is -0.390 e. The van der Waals surface area contributed by atoms with Gasteiger partial charge in [0, 0.05) is 18.4 Å². The van der Waals surface area contributed by atoms with Gasteiger partial charge in [-0.1, -0.05) is 0 Å². The van der Waals surface area contributed by atoms with Crippen LogP contribution in [0.4, 0.5) is 18.9 Å². The zero-order valence-electron chi connectivity index (χ0n) is 13.3. The Morgan fingerprint density at radius 2 is 1.81 bits per heavy atom. The van der Waals surface area contributed by atoms with Crippen molar-refractivity contribution in [1.29, 1.82) is 5.26 Å². The van der Waals surface area contributed by atoms with Gasteiger partial charge in [-0.3, -0.25) is 4.31 Å². The Morgan fingerprint density at radius 1 is 1.15 bits per heavy atom. The van der Waals surface area contributed by atoms with Gasteiger partial charge in [-0.2, -0.15) is 18.4 Å². The Bertz CT molecular complexity index is 911. The molecule has 26 heavy (non-hydrogen) atoms. The highest BCUT2D eigenvalue weighted by molar-refractivity contribution is 7.93. The number of hydrogen-bond donors (Lipinski definition) is 2. The minimum atomic E-state index is -4.79. The molecule has 140 valence electrons. The largest absolute Gasteiger partial charge is 0.417 e. The maximum atomic E-state index is 13.2. The topological polar surface area (TPSA) is 102 Å². The zero-order chi connectivity index (χ0) is 19.0. The predicted molar refractivity (Wildman–Crippen MR) is 83.3 cm³/mol. The van der Waals surface area contributed by atoms with Gasteiger partial charge in [-0.25, -0.2) is 8.42 Å². The van der Waals surface area contributed by atoms with Crippen LogP contribution in [0, 0.1) is 29.1 Å². The van der Waals surface area contributed by atoms with E-state index in [9.17, 15) is 31.8 Å². The van der Waals surface area contributed by atoms with Crippen LogP contribution in [0.15, 0.2) is 18.2 Å². The molecule has 2 N–H and O–H groups in total. The van der Waals surface area contributed by atoms with E-state index in [-0.39, 0.29) is 18.2 Å². The standard InChI is InChI=1S/C16H15F3N2O4S/c17-16(18,19)12-3-8(2-1-7(12)5-20)21-6-11-9-4-10(14(23)13(9)22)15(11)26(21,24)25/h1-3,9-11,13-15,22-23H,4,6H2/t9-,10+,11-,13-,14+,15+/m0/s1. The van der Waals surface area contributed by atoms with Gasteiger partial charge in [-0.05, 0) is 30.5 Å². The minimum absolute atomic E-state index is 0.0405. The van der Waals surface area contributed by atoms with Crippen LogP contribution in [-0.2, 0) is 16.2 Å². The summed E-state index contributed by atoms with van der Waals surface area (Å²) in [5, 5.41) is 28.0. The third-order valence-electron chi connectivity index (χ3n) is 5.91. The van der Waals surface area contributed by atoms with Gasteiger partial charge in [0.1, 0.15) is 0 Å². The molecular weight excluding hydrogens is 373 g/mol. The molecule has 0 spiro atoms. The van der Waals surface area contributed by atoms with Crippen LogP contribution in [0.5, 0.6) is 0 Å². The second kappa shape index (κ2) is 5.34. The summed E-state index contributed by atoms with van der Waals surface area (Å²) in [4.78, 5) is 0. The normalized spacial score (nSPS) is 37.6. The SMILES string of the molecule is N#Cc1ccc(N2C[C@H]3[C@@H]4C[C@H]([C@@H](O)[C@H]4O)[C@H]3S2(=O)=O)cc1C(F)(F)F. The van der Waals surface area contributed by atoms with Gasteiger partial charge < -0.3 is 10.2 Å². The molecule has 6 nitrogen and oxygen atoms in total. The number of nitrogens with zero attached hydrogens (tertiary/aromatic N) is 2. The monoisotopic (exact) mass is 388 g/mol. The second-order valence-corrected chi connectivity index (χ2v) is 9.10. The maximum Gasteiger partial charge on any atom is 0.417 e. The summed E-state index contributed by atoms with van der Waals surface area (Å²) in [6.07, 6.45) is -6.54. The summed E-state index contributed by atoms with van der Waals surface area (Å²) in [5.74, 6) is -1.44. The molecule has 3 aliphatic rings. The van der Waals surface area contributed by atoms with Crippen molar-refractivity contribution >= 4 is 15.7 Å². The smallest absolute Gasteiger partial charge is 0.390 e. The highest BCUT2D eigenvalue weighted by Crippen LogP contribution is 2.56. The quantitative estimate of drug-likeness (QED) is 0.750. The number of nitriles is 1. The van der Waals surface area contributed by atoms with Crippen molar-refractivity contribution in [3.8, 4) is 6.07 Å². The molecule has 2 saturated carbocycles. The number of aliphatic hydroxyl groups excluding tert-OH is 2. The Morgan fingerprint density at radius 3 is 2.42 bits per heavy atom. The fourth-order valence-corrected chi connectivity index (χ4v) is 7.34. The lowest BCUT2D eigenvalue weighted by molar-refractivity contribution is -0.137. The average molecular weight is 388 g/mol. The van der Waals surface area contributed by atoms with Crippen LogP contribution in [0.25, 0.3) is 0 Å². The number of rotatable bonds is 1. The molecule has 0 aromatic heterocycles. The van der Waals surface area contributed by atoms with Gasteiger partial charge in [0.05, 0.1) is 40.3 Å². The van der Waals surface area contributed by atoms with E-state index in [0.717, 1.165) is 10.4 Å².